The van der Waals surface area contributed by atoms with Gasteiger partial charge in [0, 0.05) is 26.2 Å². The predicted octanol–water partition coefficient (Wildman–Crippen LogP) is 1.96. The fourth-order valence-corrected chi connectivity index (χ4v) is 6.01. The molecule has 0 saturated carbocycles. The molecule has 0 unspecified atom stereocenters. The molecule has 1 aliphatic heterocycles. The average molecular weight is 462 g/mol. The van der Waals surface area contributed by atoms with E-state index in [4.69, 9.17) is 10.00 Å². The minimum Gasteiger partial charge on any atom is -0.379 e. The standard InChI is InChI=1S/C21H23N3O5S2/c1-2-10-24(17-19-5-3-4-18(15-19)16-22)31(27,28)21-8-6-20(7-9-21)30(25,26)23-11-13-29-14-12-23/h2-9,15H,1,10-14,17H2. The number of hydrogen-bond acceptors (Lipinski definition) is 6. The summed E-state index contributed by atoms with van der Waals surface area (Å²) in [5.74, 6) is 0. The van der Waals surface area contributed by atoms with Crippen LogP contribution in [0.5, 0.6) is 0 Å². The van der Waals surface area contributed by atoms with Gasteiger partial charge >= 0.3 is 0 Å². The van der Waals surface area contributed by atoms with Crippen LogP contribution in [0.1, 0.15) is 11.1 Å². The highest BCUT2D eigenvalue weighted by Gasteiger charge is 2.28. The van der Waals surface area contributed by atoms with Crippen molar-refractivity contribution in [2.24, 2.45) is 0 Å². The number of benzene rings is 2. The highest BCUT2D eigenvalue weighted by atomic mass is 32.2. The van der Waals surface area contributed by atoms with Crippen molar-refractivity contribution in [3.63, 3.8) is 0 Å². The van der Waals surface area contributed by atoms with Gasteiger partial charge in [-0.25, -0.2) is 16.8 Å². The minimum absolute atomic E-state index is 0.0216. The van der Waals surface area contributed by atoms with Crippen molar-refractivity contribution in [3.8, 4) is 6.07 Å². The summed E-state index contributed by atoms with van der Waals surface area (Å²) in [5.41, 5.74) is 1.10. The molecule has 0 aliphatic carbocycles. The molecule has 0 aromatic heterocycles. The SMILES string of the molecule is C=CCN(Cc1cccc(C#N)c1)S(=O)(=O)c1ccc(S(=O)(=O)N2CCOCC2)cc1. The second-order valence-corrected chi connectivity index (χ2v) is 10.8. The monoisotopic (exact) mass is 461 g/mol. The zero-order valence-corrected chi connectivity index (χ0v) is 18.5. The van der Waals surface area contributed by atoms with Crippen LogP contribution >= 0.6 is 0 Å². The zero-order valence-electron chi connectivity index (χ0n) is 16.8. The first-order chi connectivity index (χ1) is 14.8. The summed E-state index contributed by atoms with van der Waals surface area (Å²) in [6.07, 6.45) is 1.48. The van der Waals surface area contributed by atoms with Gasteiger partial charge in [0.25, 0.3) is 0 Å². The second kappa shape index (κ2) is 9.72. The molecule has 1 saturated heterocycles. The van der Waals surface area contributed by atoms with Crippen LogP contribution in [-0.2, 0) is 31.3 Å². The second-order valence-electron chi connectivity index (χ2n) is 6.89. The van der Waals surface area contributed by atoms with Crippen LogP contribution in [0.25, 0.3) is 0 Å². The first-order valence-electron chi connectivity index (χ1n) is 9.57. The van der Waals surface area contributed by atoms with Crippen molar-refractivity contribution in [1.82, 2.24) is 8.61 Å². The van der Waals surface area contributed by atoms with E-state index < -0.39 is 20.0 Å². The topological polar surface area (TPSA) is 108 Å². The number of nitriles is 1. The molecule has 0 N–H and O–H groups in total. The Kier molecular flexibility index (Phi) is 7.25. The third-order valence-electron chi connectivity index (χ3n) is 4.82. The number of nitrogens with zero attached hydrogens (tertiary/aromatic N) is 3. The summed E-state index contributed by atoms with van der Waals surface area (Å²) in [6.45, 7) is 4.92. The number of sulfonamides is 2. The third kappa shape index (κ3) is 5.20. The Balaban J connectivity index is 1.86. The van der Waals surface area contributed by atoms with E-state index in [9.17, 15) is 16.8 Å². The average Bonchev–Trinajstić information content (AvgIpc) is 2.79. The van der Waals surface area contributed by atoms with Crippen molar-refractivity contribution < 1.29 is 21.6 Å². The number of morpholine rings is 1. The van der Waals surface area contributed by atoms with E-state index in [1.165, 1.54) is 39.0 Å². The van der Waals surface area contributed by atoms with Crippen molar-refractivity contribution in [2.75, 3.05) is 32.8 Å². The molecule has 31 heavy (non-hydrogen) atoms. The molecule has 10 heteroatoms. The molecule has 0 spiro atoms. The van der Waals surface area contributed by atoms with E-state index in [1.54, 1.807) is 24.3 Å². The van der Waals surface area contributed by atoms with Crippen LogP contribution in [0.4, 0.5) is 0 Å². The van der Waals surface area contributed by atoms with E-state index in [2.05, 4.69) is 6.58 Å². The van der Waals surface area contributed by atoms with E-state index >= 15 is 0 Å². The summed E-state index contributed by atoms with van der Waals surface area (Å²) in [4.78, 5) is 0.0112. The first-order valence-corrected chi connectivity index (χ1v) is 12.4. The van der Waals surface area contributed by atoms with Crippen molar-refractivity contribution >= 4 is 20.0 Å². The maximum absolute atomic E-state index is 13.2. The highest BCUT2D eigenvalue weighted by molar-refractivity contribution is 7.89. The van der Waals surface area contributed by atoms with Gasteiger partial charge in [-0.15, -0.1) is 6.58 Å². The Labute approximate surface area is 183 Å². The lowest BCUT2D eigenvalue weighted by molar-refractivity contribution is 0.0730. The minimum atomic E-state index is -3.92. The Morgan fingerprint density at radius 1 is 1.06 bits per heavy atom. The lowest BCUT2D eigenvalue weighted by Crippen LogP contribution is -2.40. The fourth-order valence-electron chi connectivity index (χ4n) is 3.20. The molecule has 2 aromatic rings. The summed E-state index contributed by atoms with van der Waals surface area (Å²) in [7, 11) is -7.63. The molecule has 1 fully saturated rings. The predicted molar refractivity (Wildman–Crippen MR) is 115 cm³/mol. The summed E-state index contributed by atoms with van der Waals surface area (Å²) in [6, 6.07) is 13.9. The van der Waals surface area contributed by atoms with Crippen LogP contribution in [0, 0.1) is 11.3 Å². The van der Waals surface area contributed by atoms with Gasteiger partial charge in [-0.1, -0.05) is 18.2 Å². The molecule has 0 atom stereocenters. The number of hydrogen-bond donors (Lipinski definition) is 0. The molecule has 1 aliphatic rings. The van der Waals surface area contributed by atoms with Gasteiger partial charge in [0.2, 0.25) is 20.0 Å². The van der Waals surface area contributed by atoms with Crippen LogP contribution in [0.15, 0.2) is 71.0 Å². The van der Waals surface area contributed by atoms with E-state index in [1.807, 2.05) is 6.07 Å². The van der Waals surface area contributed by atoms with Crippen LogP contribution in [0.2, 0.25) is 0 Å². The fraction of sp³-hybridized carbons (Fsp3) is 0.286. The molecular weight excluding hydrogens is 438 g/mol. The molecule has 0 bridgehead atoms. The summed E-state index contributed by atoms with van der Waals surface area (Å²) >= 11 is 0. The maximum atomic E-state index is 13.2. The summed E-state index contributed by atoms with van der Waals surface area (Å²) < 4.78 is 59.6. The Hall–Kier alpha value is -2.55. The molecule has 8 nitrogen and oxygen atoms in total. The van der Waals surface area contributed by atoms with Crippen molar-refractivity contribution in [1.29, 1.82) is 5.26 Å². The molecule has 164 valence electrons. The Morgan fingerprint density at radius 3 is 2.32 bits per heavy atom. The van der Waals surface area contributed by atoms with Crippen LogP contribution in [-0.4, -0.2) is 58.3 Å². The van der Waals surface area contributed by atoms with Gasteiger partial charge in [-0.05, 0) is 42.0 Å². The van der Waals surface area contributed by atoms with Crippen molar-refractivity contribution in [3.05, 3.63) is 72.3 Å². The molecule has 0 amide bonds. The highest BCUT2D eigenvalue weighted by Crippen LogP contribution is 2.23. The number of rotatable bonds is 8. The molecule has 1 heterocycles. The molecule has 3 rings (SSSR count). The quantitative estimate of drug-likeness (QED) is 0.556. The van der Waals surface area contributed by atoms with Gasteiger partial charge in [0.1, 0.15) is 0 Å². The van der Waals surface area contributed by atoms with Gasteiger partial charge < -0.3 is 4.74 Å². The third-order valence-corrected chi connectivity index (χ3v) is 8.56. The van der Waals surface area contributed by atoms with Crippen molar-refractivity contribution in [2.45, 2.75) is 16.3 Å². The lowest BCUT2D eigenvalue weighted by atomic mass is 10.1. The smallest absolute Gasteiger partial charge is 0.243 e. The van der Waals surface area contributed by atoms with Gasteiger partial charge in [0.05, 0.1) is 34.6 Å². The van der Waals surface area contributed by atoms with Gasteiger partial charge in [0.15, 0.2) is 0 Å². The number of ether oxygens (including phenoxy) is 1. The zero-order chi connectivity index (χ0) is 22.5. The van der Waals surface area contributed by atoms with Crippen LogP contribution < -0.4 is 0 Å². The molecular formula is C21H23N3O5S2. The summed E-state index contributed by atoms with van der Waals surface area (Å²) in [5, 5.41) is 9.07. The van der Waals surface area contributed by atoms with Gasteiger partial charge in [-0.3, -0.25) is 0 Å². The van der Waals surface area contributed by atoms with E-state index in [-0.39, 0.29) is 36.0 Å². The molecule has 0 radical (unpaired) electrons. The molecule has 2 aromatic carbocycles. The largest absolute Gasteiger partial charge is 0.379 e. The maximum Gasteiger partial charge on any atom is 0.243 e. The normalized spacial score (nSPS) is 15.5. The van der Waals surface area contributed by atoms with Crippen LogP contribution in [0.3, 0.4) is 0 Å². The van der Waals surface area contributed by atoms with E-state index in [0.717, 1.165) is 0 Å². The van der Waals surface area contributed by atoms with E-state index in [0.29, 0.717) is 24.3 Å². The first kappa shape index (κ1) is 23.1. The Bertz CT molecular complexity index is 1180. The van der Waals surface area contributed by atoms with Gasteiger partial charge in [-0.2, -0.15) is 13.9 Å². The lowest BCUT2D eigenvalue weighted by Gasteiger charge is -2.26. The Morgan fingerprint density at radius 2 is 1.71 bits per heavy atom.